The molecule has 0 aliphatic rings. The first kappa shape index (κ1) is 17.7. The molecule has 0 bridgehead atoms. The molecular weight excluding hydrogens is 247 g/mol. The van der Waals surface area contributed by atoms with Crippen LogP contribution in [0.15, 0.2) is 0 Å². The van der Waals surface area contributed by atoms with Crippen molar-refractivity contribution in [3.05, 3.63) is 0 Å². The summed E-state index contributed by atoms with van der Waals surface area (Å²) in [5.41, 5.74) is -0.777. The quantitative estimate of drug-likeness (QED) is 0.632. The zero-order valence-electron chi connectivity index (χ0n) is 11.3. The second-order valence-electron chi connectivity index (χ2n) is 5.29. The van der Waals surface area contributed by atoms with Gasteiger partial charge in [0.2, 0.25) is 0 Å². The molecule has 0 aromatic carbocycles. The zero-order chi connectivity index (χ0) is 14.2. The molecule has 1 unspecified atom stereocenters. The van der Waals surface area contributed by atoms with Crippen molar-refractivity contribution in [2.75, 3.05) is 26.3 Å². The SMILES string of the molecule is CC(C)CC(C)(O)CNCCCOCC(F)(F)F. The monoisotopic (exact) mass is 271 g/mol. The predicted molar refractivity (Wildman–Crippen MR) is 64.4 cm³/mol. The smallest absolute Gasteiger partial charge is 0.389 e. The van der Waals surface area contributed by atoms with Crippen LogP contribution in [-0.4, -0.2) is 43.2 Å². The van der Waals surface area contributed by atoms with Crippen molar-refractivity contribution in [1.29, 1.82) is 0 Å². The van der Waals surface area contributed by atoms with Crippen molar-refractivity contribution in [3.8, 4) is 0 Å². The summed E-state index contributed by atoms with van der Waals surface area (Å²) in [5.74, 6) is 0.400. The molecule has 2 N–H and O–H groups in total. The number of alkyl halides is 3. The van der Waals surface area contributed by atoms with Crippen molar-refractivity contribution in [3.63, 3.8) is 0 Å². The molecule has 0 radical (unpaired) electrons. The van der Waals surface area contributed by atoms with E-state index in [9.17, 15) is 18.3 Å². The first-order chi connectivity index (χ1) is 8.12. The van der Waals surface area contributed by atoms with Crippen molar-refractivity contribution in [2.24, 2.45) is 5.92 Å². The lowest BCUT2D eigenvalue weighted by molar-refractivity contribution is -0.173. The van der Waals surface area contributed by atoms with Gasteiger partial charge in [-0.25, -0.2) is 0 Å². The molecule has 0 rings (SSSR count). The van der Waals surface area contributed by atoms with Crippen LogP contribution in [0.4, 0.5) is 13.2 Å². The lowest BCUT2D eigenvalue weighted by Crippen LogP contribution is -2.39. The van der Waals surface area contributed by atoms with E-state index in [1.165, 1.54) is 0 Å². The van der Waals surface area contributed by atoms with Gasteiger partial charge in [0.05, 0.1) is 5.60 Å². The molecule has 0 spiro atoms. The highest BCUT2D eigenvalue weighted by Gasteiger charge is 2.27. The maximum Gasteiger partial charge on any atom is 0.411 e. The molecule has 18 heavy (non-hydrogen) atoms. The molecule has 0 heterocycles. The number of ether oxygens (including phenoxy) is 1. The summed E-state index contributed by atoms with van der Waals surface area (Å²) in [4.78, 5) is 0. The molecule has 0 aromatic rings. The molecule has 0 aromatic heterocycles. The number of halogens is 3. The molecule has 1 atom stereocenters. The third-order valence-electron chi connectivity index (χ3n) is 2.26. The van der Waals surface area contributed by atoms with Crippen molar-refractivity contribution >= 4 is 0 Å². The van der Waals surface area contributed by atoms with Crippen molar-refractivity contribution in [2.45, 2.75) is 45.4 Å². The second kappa shape index (κ2) is 7.96. The Morgan fingerprint density at radius 3 is 2.39 bits per heavy atom. The minimum atomic E-state index is -4.26. The van der Waals surface area contributed by atoms with Gasteiger partial charge in [0.15, 0.2) is 0 Å². The maximum absolute atomic E-state index is 11.7. The fourth-order valence-electron chi connectivity index (χ4n) is 1.80. The third kappa shape index (κ3) is 12.1. The minimum Gasteiger partial charge on any atom is -0.389 e. The third-order valence-corrected chi connectivity index (χ3v) is 2.26. The first-order valence-electron chi connectivity index (χ1n) is 6.20. The average molecular weight is 271 g/mol. The predicted octanol–water partition coefficient (Wildman–Crippen LogP) is 2.34. The Kier molecular flexibility index (Phi) is 7.82. The van der Waals surface area contributed by atoms with E-state index in [-0.39, 0.29) is 6.61 Å². The molecule has 3 nitrogen and oxygen atoms in total. The van der Waals surface area contributed by atoms with Crippen LogP contribution in [0.2, 0.25) is 0 Å². The molecule has 6 heteroatoms. The van der Waals surface area contributed by atoms with E-state index >= 15 is 0 Å². The first-order valence-corrected chi connectivity index (χ1v) is 6.20. The Balaban J connectivity index is 3.45. The normalized spacial score (nSPS) is 16.0. The molecule has 110 valence electrons. The van der Waals surface area contributed by atoms with E-state index in [0.717, 1.165) is 0 Å². The molecule has 0 saturated carbocycles. The second-order valence-corrected chi connectivity index (χ2v) is 5.29. The highest BCUT2D eigenvalue weighted by molar-refractivity contribution is 4.76. The van der Waals surface area contributed by atoms with E-state index in [0.29, 0.717) is 31.8 Å². The van der Waals surface area contributed by atoms with Gasteiger partial charge in [0, 0.05) is 13.2 Å². The lowest BCUT2D eigenvalue weighted by atomic mass is 9.94. The topological polar surface area (TPSA) is 41.5 Å². The Bertz CT molecular complexity index is 218. The van der Waals surface area contributed by atoms with Gasteiger partial charge in [-0.3, -0.25) is 0 Å². The molecular formula is C12H24F3NO2. The minimum absolute atomic E-state index is 0.0683. The zero-order valence-corrected chi connectivity index (χ0v) is 11.3. The Hall–Kier alpha value is -0.330. The van der Waals surface area contributed by atoms with Gasteiger partial charge in [0.25, 0.3) is 0 Å². The largest absolute Gasteiger partial charge is 0.411 e. The van der Waals surface area contributed by atoms with Gasteiger partial charge in [-0.15, -0.1) is 0 Å². The van der Waals surface area contributed by atoms with Crippen LogP contribution >= 0.6 is 0 Å². The fourth-order valence-corrected chi connectivity index (χ4v) is 1.80. The number of hydrogen-bond donors (Lipinski definition) is 2. The van der Waals surface area contributed by atoms with E-state index in [2.05, 4.69) is 10.1 Å². The van der Waals surface area contributed by atoms with Crippen LogP contribution in [0, 0.1) is 5.92 Å². The Labute approximate surface area is 107 Å². The highest BCUT2D eigenvalue weighted by atomic mass is 19.4. The number of nitrogens with one attached hydrogen (secondary N) is 1. The van der Waals surface area contributed by atoms with Gasteiger partial charge in [0.1, 0.15) is 6.61 Å². The summed E-state index contributed by atoms with van der Waals surface area (Å²) in [6.45, 7) is 5.65. The summed E-state index contributed by atoms with van der Waals surface area (Å²) in [6, 6.07) is 0. The number of hydrogen-bond acceptors (Lipinski definition) is 3. The van der Waals surface area contributed by atoms with Gasteiger partial charge >= 0.3 is 6.18 Å². The molecule has 0 aliphatic carbocycles. The number of rotatable bonds is 9. The summed E-state index contributed by atoms with van der Waals surface area (Å²) in [7, 11) is 0. The Morgan fingerprint density at radius 2 is 1.89 bits per heavy atom. The summed E-state index contributed by atoms with van der Waals surface area (Å²) >= 11 is 0. The van der Waals surface area contributed by atoms with E-state index in [1.807, 2.05) is 13.8 Å². The van der Waals surface area contributed by atoms with E-state index in [4.69, 9.17) is 0 Å². The van der Waals surface area contributed by atoms with Crippen LogP contribution in [-0.2, 0) is 4.74 Å². The molecule has 0 fully saturated rings. The number of aliphatic hydroxyl groups is 1. The summed E-state index contributed by atoms with van der Waals surface area (Å²) in [6.07, 6.45) is -3.08. The standard InChI is InChI=1S/C12H24F3NO2/c1-10(2)7-11(3,17)8-16-5-4-6-18-9-12(13,14)15/h10,16-17H,4-9H2,1-3H3. The van der Waals surface area contributed by atoms with Crippen LogP contribution in [0.3, 0.4) is 0 Å². The summed E-state index contributed by atoms with van der Waals surface area (Å²) < 4.78 is 39.7. The van der Waals surface area contributed by atoms with E-state index in [1.54, 1.807) is 6.92 Å². The van der Waals surface area contributed by atoms with Crippen LogP contribution in [0.25, 0.3) is 0 Å². The molecule has 0 aliphatic heterocycles. The molecule has 0 saturated heterocycles. The van der Waals surface area contributed by atoms with Crippen LogP contribution in [0.1, 0.15) is 33.6 Å². The highest BCUT2D eigenvalue weighted by Crippen LogP contribution is 2.15. The lowest BCUT2D eigenvalue weighted by Gasteiger charge is -2.25. The average Bonchev–Trinajstić information content (AvgIpc) is 2.12. The van der Waals surface area contributed by atoms with Gasteiger partial charge in [-0.1, -0.05) is 13.8 Å². The Morgan fingerprint density at radius 1 is 1.28 bits per heavy atom. The summed E-state index contributed by atoms with van der Waals surface area (Å²) in [5, 5.41) is 13.0. The van der Waals surface area contributed by atoms with E-state index < -0.39 is 18.4 Å². The van der Waals surface area contributed by atoms with Crippen molar-refractivity contribution < 1.29 is 23.0 Å². The van der Waals surface area contributed by atoms with Crippen molar-refractivity contribution in [1.82, 2.24) is 5.32 Å². The fraction of sp³-hybridized carbons (Fsp3) is 1.00. The van der Waals surface area contributed by atoms with Crippen LogP contribution in [0.5, 0.6) is 0 Å². The van der Waals surface area contributed by atoms with Gasteiger partial charge < -0.3 is 15.2 Å². The van der Waals surface area contributed by atoms with Gasteiger partial charge in [-0.2, -0.15) is 13.2 Å². The van der Waals surface area contributed by atoms with Gasteiger partial charge in [-0.05, 0) is 32.2 Å². The van der Waals surface area contributed by atoms with Crippen LogP contribution < -0.4 is 5.32 Å². The molecule has 0 amide bonds. The maximum atomic E-state index is 11.7.